The van der Waals surface area contributed by atoms with Gasteiger partial charge in [0.15, 0.2) is 11.5 Å². The number of ether oxygens (including phenoxy) is 2. The molecule has 0 saturated carbocycles. The Morgan fingerprint density at radius 1 is 1.23 bits per heavy atom. The summed E-state index contributed by atoms with van der Waals surface area (Å²) in [7, 11) is 3.24. The minimum atomic E-state index is -4.82. The molecule has 3 N–H and O–H groups in total. The molecule has 3 aliphatic rings. The number of aryl methyl sites for hydroxylation is 1. The predicted octanol–water partition coefficient (Wildman–Crippen LogP) is 3.73. The van der Waals surface area contributed by atoms with Crippen molar-refractivity contribution in [3.8, 4) is 6.01 Å². The molecule has 5 heterocycles. The number of carbonyl (C=O) groups is 1. The van der Waals surface area contributed by atoms with Gasteiger partial charge in [-0.3, -0.25) is 9.48 Å². The number of nitrogen functional groups attached to an aromatic ring is 1. The van der Waals surface area contributed by atoms with Crippen LogP contribution in [0.1, 0.15) is 57.5 Å². The number of hydrogen-bond acceptors (Lipinski definition) is 9. The second-order valence-corrected chi connectivity index (χ2v) is 11.4. The van der Waals surface area contributed by atoms with Gasteiger partial charge in [-0.25, -0.2) is 4.39 Å². The molecule has 0 radical (unpaired) electrons. The van der Waals surface area contributed by atoms with Gasteiger partial charge in [0.05, 0.1) is 54.0 Å². The van der Waals surface area contributed by atoms with Crippen LogP contribution in [-0.2, 0) is 37.0 Å². The lowest BCUT2D eigenvalue weighted by molar-refractivity contribution is -0.140. The van der Waals surface area contributed by atoms with Gasteiger partial charge in [0, 0.05) is 49.8 Å². The molecule has 2 aromatic heterocycles. The first kappa shape index (κ1) is 30.3. The van der Waals surface area contributed by atoms with Crippen LogP contribution in [0.4, 0.5) is 29.1 Å². The van der Waals surface area contributed by atoms with Crippen LogP contribution in [-0.4, -0.2) is 70.4 Å². The Labute approximate surface area is 255 Å². The molecule has 2 unspecified atom stereocenters. The van der Waals surface area contributed by atoms with E-state index < -0.39 is 34.9 Å². The van der Waals surface area contributed by atoms with Gasteiger partial charge in [-0.05, 0) is 32.0 Å². The Hall–Kier alpha value is -3.69. The van der Waals surface area contributed by atoms with Gasteiger partial charge < -0.3 is 30.3 Å². The fourth-order valence-electron chi connectivity index (χ4n) is 6.07. The molecule has 1 saturated heterocycles. The summed E-state index contributed by atoms with van der Waals surface area (Å²) in [5.74, 6) is -0.956. The van der Waals surface area contributed by atoms with E-state index in [9.17, 15) is 18.0 Å². The molecule has 3 aliphatic heterocycles. The monoisotopic (exact) mass is 638 g/mol. The summed E-state index contributed by atoms with van der Waals surface area (Å²) >= 11 is 6.79. The first-order chi connectivity index (χ1) is 21.0. The lowest BCUT2D eigenvalue weighted by Crippen LogP contribution is -2.33. The maximum atomic E-state index is 15.1. The number of alkyl halides is 3. The summed E-state index contributed by atoms with van der Waals surface area (Å²) in [5.41, 5.74) is 5.14. The van der Waals surface area contributed by atoms with E-state index in [-0.39, 0.29) is 48.2 Å². The molecule has 1 amide bonds. The van der Waals surface area contributed by atoms with Gasteiger partial charge in [-0.1, -0.05) is 11.6 Å². The molecule has 11 nitrogen and oxygen atoms in total. The van der Waals surface area contributed by atoms with E-state index in [1.165, 1.54) is 7.11 Å². The van der Waals surface area contributed by atoms with Crippen LogP contribution in [0.25, 0.3) is 0 Å². The molecular weight excluding hydrogens is 608 g/mol. The number of methoxy groups -OCH3 is 1. The average molecular weight is 639 g/mol. The largest absolute Gasteiger partial charge is 0.467 e. The molecule has 0 spiro atoms. The minimum Gasteiger partial charge on any atom is -0.467 e. The number of carbonyl (C=O) groups excluding carboxylic acids is 1. The summed E-state index contributed by atoms with van der Waals surface area (Å²) in [5, 5.41) is 8.02. The first-order valence-corrected chi connectivity index (χ1v) is 14.5. The number of nitrogens with zero attached hydrogens (tertiary/aromatic N) is 6. The van der Waals surface area contributed by atoms with Gasteiger partial charge in [0.25, 0.3) is 5.91 Å². The number of amides is 1. The normalized spacial score (nSPS) is 20.3. The Morgan fingerprint density at radius 2 is 2.02 bits per heavy atom. The van der Waals surface area contributed by atoms with Gasteiger partial charge >= 0.3 is 12.2 Å². The Kier molecular flexibility index (Phi) is 8.05. The number of likely N-dealkylation sites (tertiary alicyclic amines) is 1. The van der Waals surface area contributed by atoms with E-state index >= 15 is 4.39 Å². The average Bonchev–Trinajstić information content (AvgIpc) is 3.54. The van der Waals surface area contributed by atoms with Gasteiger partial charge in [-0.15, -0.1) is 0 Å². The van der Waals surface area contributed by atoms with E-state index in [0.29, 0.717) is 55.4 Å². The van der Waals surface area contributed by atoms with E-state index in [0.717, 1.165) is 18.6 Å². The number of rotatable bonds is 5. The molecule has 16 heteroatoms. The molecule has 0 bridgehead atoms. The van der Waals surface area contributed by atoms with Gasteiger partial charge in [0.2, 0.25) is 0 Å². The number of likely N-dealkylation sites (N-methyl/N-ethyl adjacent to an activating group) is 1. The molecule has 236 valence electrons. The number of aromatic nitrogens is 4. The van der Waals surface area contributed by atoms with Crippen molar-refractivity contribution in [1.29, 1.82) is 0 Å². The summed E-state index contributed by atoms with van der Waals surface area (Å²) in [4.78, 5) is 25.9. The topological polar surface area (TPSA) is 124 Å². The second kappa shape index (κ2) is 11.7. The number of nitrogens with two attached hydrogens (primary N) is 1. The third kappa shape index (κ3) is 5.41. The van der Waals surface area contributed by atoms with Crippen molar-refractivity contribution < 1.29 is 31.8 Å². The van der Waals surface area contributed by atoms with Crippen LogP contribution in [0.2, 0.25) is 5.02 Å². The predicted molar refractivity (Wildman–Crippen MR) is 152 cm³/mol. The van der Waals surface area contributed by atoms with E-state index in [1.807, 2.05) is 11.9 Å². The minimum absolute atomic E-state index is 0.00340. The van der Waals surface area contributed by atoms with Crippen LogP contribution < -0.4 is 20.7 Å². The lowest BCUT2D eigenvalue weighted by atomic mass is 9.94. The third-order valence-corrected chi connectivity index (χ3v) is 8.79. The Balaban J connectivity index is 1.32. The maximum absolute atomic E-state index is 15.1. The molecule has 2 atom stereocenters. The van der Waals surface area contributed by atoms with Gasteiger partial charge in [-0.2, -0.15) is 28.2 Å². The molecule has 1 fully saturated rings. The smallest absolute Gasteiger partial charge is 0.416 e. The lowest BCUT2D eigenvalue weighted by Gasteiger charge is -2.31. The fourth-order valence-corrected chi connectivity index (χ4v) is 6.35. The summed E-state index contributed by atoms with van der Waals surface area (Å²) in [6, 6.07) is 1.85. The van der Waals surface area contributed by atoms with Gasteiger partial charge in [0.1, 0.15) is 5.82 Å². The highest BCUT2D eigenvalue weighted by atomic mass is 35.5. The van der Waals surface area contributed by atoms with Crippen LogP contribution in [0.3, 0.4) is 0 Å². The van der Waals surface area contributed by atoms with Crippen LogP contribution in [0.5, 0.6) is 6.01 Å². The zero-order valence-electron chi connectivity index (χ0n) is 24.0. The molecule has 6 rings (SSSR count). The number of anilines is 2. The SMILES string of the molecule is CNC1CCN(C(=O)c2nn3c(c2Cl)CN(c2nc(OC)nc4c2COC(c2c(C(F)(F)F)ccc(N)c2F)C4)CCC3)C1. The Bertz CT molecular complexity index is 1600. The van der Waals surface area contributed by atoms with Crippen molar-refractivity contribution in [2.24, 2.45) is 0 Å². The number of fused-ring (bicyclic) bond motifs is 2. The zero-order chi connectivity index (χ0) is 31.3. The molecule has 44 heavy (non-hydrogen) atoms. The van der Waals surface area contributed by atoms with E-state index in [2.05, 4.69) is 20.4 Å². The summed E-state index contributed by atoms with van der Waals surface area (Å²) < 4.78 is 69.5. The first-order valence-electron chi connectivity index (χ1n) is 14.2. The summed E-state index contributed by atoms with van der Waals surface area (Å²) in [6.07, 6.45) is -4.80. The highest BCUT2D eigenvalue weighted by molar-refractivity contribution is 6.34. The molecule has 1 aromatic carbocycles. The number of hydrogen-bond donors (Lipinski definition) is 2. The van der Waals surface area contributed by atoms with Crippen LogP contribution in [0.15, 0.2) is 12.1 Å². The number of benzene rings is 1. The standard InChI is InChI=1S/C28H31ClF4N8O3/c1-35-14-6-9-40(11-14)26(42)24-22(29)19-12-39(7-3-8-41(19)38-24)25-15-13-44-20(10-18(15)36-27(37-25)43-2)21-16(28(31,32)33)4-5-17(34)23(21)30/h4-5,14,20,35H,3,6-13,34H2,1-2H3. The molecule has 0 aliphatic carbocycles. The highest BCUT2D eigenvalue weighted by Crippen LogP contribution is 2.43. The van der Waals surface area contributed by atoms with Crippen molar-refractivity contribution in [3.63, 3.8) is 0 Å². The Morgan fingerprint density at radius 3 is 2.73 bits per heavy atom. The fraction of sp³-hybridized carbons (Fsp3) is 0.500. The van der Waals surface area contributed by atoms with Crippen molar-refractivity contribution in [3.05, 3.63) is 56.7 Å². The summed E-state index contributed by atoms with van der Waals surface area (Å²) in [6.45, 7) is 2.27. The maximum Gasteiger partial charge on any atom is 0.416 e. The highest BCUT2D eigenvalue weighted by Gasteiger charge is 2.40. The number of nitrogens with one attached hydrogen (secondary N) is 1. The van der Waals surface area contributed by atoms with Crippen LogP contribution in [0, 0.1) is 5.82 Å². The van der Waals surface area contributed by atoms with E-state index in [4.69, 9.17) is 26.8 Å². The third-order valence-electron chi connectivity index (χ3n) is 8.40. The zero-order valence-corrected chi connectivity index (χ0v) is 24.8. The van der Waals surface area contributed by atoms with E-state index in [1.54, 1.807) is 9.58 Å². The van der Waals surface area contributed by atoms with Crippen molar-refractivity contribution >= 4 is 29.0 Å². The molecular formula is C28H31ClF4N8O3. The van der Waals surface area contributed by atoms with Crippen molar-refractivity contribution in [2.45, 2.75) is 57.3 Å². The van der Waals surface area contributed by atoms with Crippen molar-refractivity contribution in [1.82, 2.24) is 30.0 Å². The van der Waals surface area contributed by atoms with Crippen LogP contribution >= 0.6 is 11.6 Å². The second-order valence-electron chi connectivity index (χ2n) is 11.0. The molecule has 3 aromatic rings. The quantitative estimate of drug-likeness (QED) is 0.318. The number of halogens is 5. The van der Waals surface area contributed by atoms with Crippen molar-refractivity contribution in [2.75, 3.05) is 44.4 Å².